The Labute approximate surface area is 110 Å². The summed E-state index contributed by atoms with van der Waals surface area (Å²) in [5.74, 6) is 0. The SMILES string of the molecule is Cn1nccc1CNC(=O)Nc1ccc(Cl)cc1. The number of urea groups is 1. The first-order valence-corrected chi connectivity index (χ1v) is 5.80. The summed E-state index contributed by atoms with van der Waals surface area (Å²) in [7, 11) is 1.83. The third-order valence-electron chi connectivity index (χ3n) is 2.45. The molecular weight excluding hydrogens is 252 g/mol. The monoisotopic (exact) mass is 264 g/mol. The molecule has 0 unspecified atom stereocenters. The molecule has 2 amide bonds. The number of nitrogens with zero attached hydrogens (tertiary/aromatic N) is 2. The van der Waals surface area contributed by atoms with Crippen molar-refractivity contribution in [3.05, 3.63) is 47.2 Å². The number of amides is 2. The molecule has 0 saturated carbocycles. The zero-order chi connectivity index (χ0) is 13.0. The minimum atomic E-state index is -0.265. The summed E-state index contributed by atoms with van der Waals surface area (Å²) in [5.41, 5.74) is 1.63. The molecule has 0 spiro atoms. The van der Waals surface area contributed by atoms with E-state index in [1.807, 2.05) is 13.1 Å². The summed E-state index contributed by atoms with van der Waals surface area (Å²) < 4.78 is 1.71. The first-order valence-electron chi connectivity index (χ1n) is 5.42. The van der Waals surface area contributed by atoms with Crippen LogP contribution in [0.3, 0.4) is 0 Å². The van der Waals surface area contributed by atoms with E-state index in [0.717, 1.165) is 5.69 Å². The molecule has 1 aromatic carbocycles. The van der Waals surface area contributed by atoms with Crippen LogP contribution in [0.2, 0.25) is 5.02 Å². The number of hydrogen-bond donors (Lipinski definition) is 2. The Kier molecular flexibility index (Phi) is 3.84. The molecule has 0 bridgehead atoms. The van der Waals surface area contributed by atoms with Gasteiger partial charge in [0.2, 0.25) is 0 Å². The number of aryl methyl sites for hydroxylation is 1. The molecule has 0 aliphatic heterocycles. The van der Waals surface area contributed by atoms with E-state index in [-0.39, 0.29) is 6.03 Å². The Morgan fingerprint density at radius 1 is 1.33 bits per heavy atom. The highest BCUT2D eigenvalue weighted by atomic mass is 35.5. The van der Waals surface area contributed by atoms with Gasteiger partial charge in [-0.2, -0.15) is 5.10 Å². The Balaban J connectivity index is 1.86. The highest BCUT2D eigenvalue weighted by molar-refractivity contribution is 6.30. The van der Waals surface area contributed by atoms with Crippen molar-refractivity contribution < 1.29 is 4.79 Å². The predicted octanol–water partition coefficient (Wildman–Crippen LogP) is 2.40. The van der Waals surface area contributed by atoms with Gasteiger partial charge in [-0.25, -0.2) is 4.79 Å². The standard InChI is InChI=1S/C12H13ClN4O/c1-17-11(6-7-15-17)8-14-12(18)16-10-4-2-9(13)3-5-10/h2-7H,8H2,1H3,(H2,14,16,18). The molecule has 6 heteroatoms. The molecule has 0 fully saturated rings. The van der Waals surface area contributed by atoms with Gasteiger partial charge < -0.3 is 10.6 Å². The van der Waals surface area contributed by atoms with Crippen LogP contribution < -0.4 is 10.6 Å². The summed E-state index contributed by atoms with van der Waals surface area (Å²) in [6.45, 7) is 0.427. The molecule has 0 atom stereocenters. The van der Waals surface area contributed by atoms with Crippen LogP contribution in [0.15, 0.2) is 36.5 Å². The molecule has 18 heavy (non-hydrogen) atoms. The molecule has 1 heterocycles. The molecule has 0 aliphatic rings. The van der Waals surface area contributed by atoms with E-state index in [2.05, 4.69) is 15.7 Å². The van der Waals surface area contributed by atoms with Crippen LogP contribution in [-0.4, -0.2) is 15.8 Å². The topological polar surface area (TPSA) is 59.0 Å². The van der Waals surface area contributed by atoms with Gasteiger partial charge >= 0.3 is 6.03 Å². The van der Waals surface area contributed by atoms with Crippen molar-refractivity contribution in [2.24, 2.45) is 7.05 Å². The van der Waals surface area contributed by atoms with E-state index in [1.165, 1.54) is 0 Å². The van der Waals surface area contributed by atoms with E-state index in [9.17, 15) is 4.79 Å². The number of carbonyl (C=O) groups is 1. The maximum Gasteiger partial charge on any atom is 0.319 e. The Hall–Kier alpha value is -2.01. The van der Waals surface area contributed by atoms with Crippen LogP contribution in [-0.2, 0) is 13.6 Å². The number of anilines is 1. The maximum absolute atomic E-state index is 11.6. The van der Waals surface area contributed by atoms with Gasteiger partial charge in [-0.05, 0) is 30.3 Å². The lowest BCUT2D eigenvalue weighted by Crippen LogP contribution is -2.28. The van der Waals surface area contributed by atoms with Gasteiger partial charge in [-0.15, -0.1) is 0 Å². The quantitative estimate of drug-likeness (QED) is 0.894. The predicted molar refractivity (Wildman–Crippen MR) is 70.5 cm³/mol. The third-order valence-corrected chi connectivity index (χ3v) is 2.71. The summed E-state index contributed by atoms with van der Waals surface area (Å²) in [6.07, 6.45) is 1.69. The number of halogens is 1. The largest absolute Gasteiger partial charge is 0.332 e. The van der Waals surface area contributed by atoms with Crippen molar-refractivity contribution in [3.8, 4) is 0 Å². The lowest BCUT2D eigenvalue weighted by molar-refractivity contribution is 0.251. The summed E-state index contributed by atoms with van der Waals surface area (Å²) in [4.78, 5) is 11.6. The van der Waals surface area contributed by atoms with E-state index >= 15 is 0 Å². The summed E-state index contributed by atoms with van der Waals surface area (Å²) in [6, 6.07) is 8.51. The molecule has 0 saturated heterocycles. The molecule has 2 aromatic rings. The van der Waals surface area contributed by atoms with Gasteiger partial charge in [0.25, 0.3) is 0 Å². The van der Waals surface area contributed by atoms with Gasteiger partial charge in [0.15, 0.2) is 0 Å². The van der Waals surface area contributed by atoms with E-state index < -0.39 is 0 Å². The average Bonchev–Trinajstić information content (AvgIpc) is 2.75. The van der Waals surface area contributed by atoms with Gasteiger partial charge in [0.1, 0.15) is 0 Å². The summed E-state index contributed by atoms with van der Waals surface area (Å²) >= 11 is 5.76. The second-order valence-electron chi connectivity index (χ2n) is 3.76. The highest BCUT2D eigenvalue weighted by Gasteiger charge is 2.03. The normalized spacial score (nSPS) is 10.1. The van der Waals surface area contributed by atoms with E-state index in [1.54, 1.807) is 35.1 Å². The van der Waals surface area contributed by atoms with Crippen molar-refractivity contribution >= 4 is 23.3 Å². The minimum absolute atomic E-state index is 0.265. The number of hydrogen-bond acceptors (Lipinski definition) is 2. The van der Waals surface area contributed by atoms with Crippen molar-refractivity contribution in [2.75, 3.05) is 5.32 Å². The number of rotatable bonds is 3. The first kappa shape index (κ1) is 12.4. The molecular formula is C12H13ClN4O. The summed E-state index contributed by atoms with van der Waals surface area (Å²) in [5, 5.41) is 10.1. The molecule has 0 aliphatic carbocycles. The van der Waals surface area contributed by atoms with Crippen molar-refractivity contribution in [1.29, 1.82) is 0 Å². The van der Waals surface area contributed by atoms with Crippen molar-refractivity contribution in [3.63, 3.8) is 0 Å². The zero-order valence-electron chi connectivity index (χ0n) is 9.85. The molecule has 5 nitrogen and oxygen atoms in total. The Morgan fingerprint density at radius 3 is 2.67 bits per heavy atom. The fourth-order valence-corrected chi connectivity index (χ4v) is 1.58. The van der Waals surface area contributed by atoms with Crippen LogP contribution in [0.25, 0.3) is 0 Å². The second-order valence-corrected chi connectivity index (χ2v) is 4.20. The van der Waals surface area contributed by atoms with Crippen LogP contribution in [0.1, 0.15) is 5.69 Å². The van der Waals surface area contributed by atoms with Crippen LogP contribution in [0.5, 0.6) is 0 Å². The van der Waals surface area contributed by atoms with E-state index in [4.69, 9.17) is 11.6 Å². The molecule has 2 rings (SSSR count). The number of benzene rings is 1. The second kappa shape index (κ2) is 5.55. The zero-order valence-corrected chi connectivity index (χ0v) is 10.6. The Bertz CT molecular complexity index is 535. The van der Waals surface area contributed by atoms with Crippen molar-refractivity contribution in [2.45, 2.75) is 6.54 Å². The average molecular weight is 265 g/mol. The van der Waals surface area contributed by atoms with Gasteiger partial charge in [0, 0.05) is 24.0 Å². The van der Waals surface area contributed by atoms with Gasteiger partial charge in [-0.1, -0.05) is 11.6 Å². The highest BCUT2D eigenvalue weighted by Crippen LogP contribution is 2.13. The van der Waals surface area contributed by atoms with Gasteiger partial charge in [0.05, 0.1) is 12.2 Å². The lowest BCUT2D eigenvalue weighted by atomic mass is 10.3. The molecule has 2 N–H and O–H groups in total. The molecule has 0 radical (unpaired) electrons. The van der Waals surface area contributed by atoms with Crippen molar-refractivity contribution in [1.82, 2.24) is 15.1 Å². The van der Waals surface area contributed by atoms with Crippen LogP contribution >= 0.6 is 11.6 Å². The molecule has 94 valence electrons. The Morgan fingerprint density at radius 2 is 2.06 bits per heavy atom. The van der Waals surface area contributed by atoms with E-state index in [0.29, 0.717) is 17.3 Å². The smallest absolute Gasteiger partial charge is 0.319 e. The number of nitrogens with one attached hydrogen (secondary N) is 2. The number of carbonyl (C=O) groups excluding carboxylic acids is 1. The van der Waals surface area contributed by atoms with Gasteiger partial charge in [-0.3, -0.25) is 4.68 Å². The third kappa shape index (κ3) is 3.24. The maximum atomic E-state index is 11.6. The minimum Gasteiger partial charge on any atom is -0.332 e. The fourth-order valence-electron chi connectivity index (χ4n) is 1.45. The first-order chi connectivity index (χ1) is 8.65. The lowest BCUT2D eigenvalue weighted by Gasteiger charge is -2.07. The van der Waals surface area contributed by atoms with Crippen LogP contribution in [0, 0.1) is 0 Å². The van der Waals surface area contributed by atoms with Crippen LogP contribution in [0.4, 0.5) is 10.5 Å². The molecule has 1 aromatic heterocycles. The number of aromatic nitrogens is 2. The fraction of sp³-hybridized carbons (Fsp3) is 0.167.